The summed E-state index contributed by atoms with van der Waals surface area (Å²) in [5, 5.41) is 3.63. The summed E-state index contributed by atoms with van der Waals surface area (Å²) >= 11 is 0. The smallest absolute Gasteiger partial charge is 0.118 e. The Hall–Kier alpha value is -1.06. The molecule has 0 aliphatic rings. The van der Waals surface area contributed by atoms with Crippen molar-refractivity contribution in [2.75, 3.05) is 33.8 Å². The Kier molecular flexibility index (Phi) is 7.53. The predicted octanol–water partition coefficient (Wildman–Crippen LogP) is 3.08. The molecule has 0 fully saturated rings. The molecule has 0 amide bonds. The van der Waals surface area contributed by atoms with Crippen LogP contribution in [0.4, 0.5) is 0 Å². The lowest BCUT2D eigenvalue weighted by molar-refractivity contribution is 0.291. The number of hydrogen-bond acceptors (Lipinski definition) is 3. The fourth-order valence-electron chi connectivity index (χ4n) is 2.23. The van der Waals surface area contributed by atoms with Gasteiger partial charge in [-0.05, 0) is 50.7 Å². The highest BCUT2D eigenvalue weighted by atomic mass is 16.5. The normalized spacial score (nSPS) is 12.7. The summed E-state index contributed by atoms with van der Waals surface area (Å²) in [7, 11) is 3.89. The van der Waals surface area contributed by atoms with Crippen molar-refractivity contribution >= 4 is 0 Å². The summed E-state index contributed by atoms with van der Waals surface area (Å²) in [4.78, 5) is 2.39. The standard InChI is InChI=1S/C16H28N2O/c1-5-11-17-16(13-18(3)12-6-2)14-7-9-15(19-4)10-8-14/h7-10,16-17H,5-6,11-13H2,1-4H3. The van der Waals surface area contributed by atoms with E-state index in [4.69, 9.17) is 4.74 Å². The molecule has 3 heteroatoms. The SMILES string of the molecule is CCCNC(CN(C)CCC)c1ccc(OC)cc1. The van der Waals surface area contributed by atoms with Gasteiger partial charge >= 0.3 is 0 Å². The summed E-state index contributed by atoms with van der Waals surface area (Å²) in [6.07, 6.45) is 2.35. The molecular formula is C16H28N2O. The molecule has 0 heterocycles. The van der Waals surface area contributed by atoms with Gasteiger partial charge in [-0.2, -0.15) is 0 Å². The second kappa shape index (κ2) is 8.94. The molecule has 1 rings (SSSR count). The van der Waals surface area contributed by atoms with Gasteiger partial charge in [0.2, 0.25) is 0 Å². The van der Waals surface area contributed by atoms with E-state index in [0.717, 1.165) is 31.8 Å². The molecule has 1 N–H and O–H groups in total. The third kappa shape index (κ3) is 5.62. The first-order valence-electron chi connectivity index (χ1n) is 7.27. The van der Waals surface area contributed by atoms with Crippen molar-refractivity contribution in [3.8, 4) is 5.75 Å². The molecule has 0 spiro atoms. The third-order valence-corrected chi connectivity index (χ3v) is 3.26. The molecular weight excluding hydrogens is 236 g/mol. The van der Waals surface area contributed by atoms with E-state index in [9.17, 15) is 0 Å². The number of rotatable bonds is 9. The number of nitrogens with one attached hydrogen (secondary N) is 1. The first-order chi connectivity index (χ1) is 9.21. The van der Waals surface area contributed by atoms with Gasteiger partial charge < -0.3 is 15.0 Å². The zero-order chi connectivity index (χ0) is 14.1. The van der Waals surface area contributed by atoms with E-state index in [-0.39, 0.29) is 0 Å². The Labute approximate surface area is 118 Å². The van der Waals surface area contributed by atoms with Gasteiger partial charge in [-0.25, -0.2) is 0 Å². The number of ether oxygens (including phenoxy) is 1. The summed E-state index contributed by atoms with van der Waals surface area (Å²) in [5.41, 5.74) is 1.33. The van der Waals surface area contributed by atoms with Gasteiger partial charge in [-0.15, -0.1) is 0 Å². The van der Waals surface area contributed by atoms with Crippen molar-refractivity contribution in [2.24, 2.45) is 0 Å². The van der Waals surface area contributed by atoms with Crippen LogP contribution in [0.3, 0.4) is 0 Å². The minimum absolute atomic E-state index is 0.391. The van der Waals surface area contributed by atoms with E-state index in [1.165, 1.54) is 12.0 Å². The maximum Gasteiger partial charge on any atom is 0.118 e. The highest BCUT2D eigenvalue weighted by Gasteiger charge is 2.12. The van der Waals surface area contributed by atoms with E-state index < -0.39 is 0 Å². The van der Waals surface area contributed by atoms with E-state index in [1.54, 1.807) is 7.11 Å². The molecule has 0 radical (unpaired) electrons. The van der Waals surface area contributed by atoms with Crippen molar-refractivity contribution < 1.29 is 4.74 Å². The lowest BCUT2D eigenvalue weighted by atomic mass is 10.1. The zero-order valence-electron chi connectivity index (χ0n) is 12.8. The summed E-state index contributed by atoms with van der Waals surface area (Å²) < 4.78 is 5.22. The average Bonchev–Trinajstić information content (AvgIpc) is 2.44. The van der Waals surface area contributed by atoms with Crippen LogP contribution in [0.5, 0.6) is 5.75 Å². The molecule has 0 saturated carbocycles. The lowest BCUT2D eigenvalue weighted by Crippen LogP contribution is -2.33. The molecule has 1 unspecified atom stereocenters. The van der Waals surface area contributed by atoms with Crippen LogP contribution in [-0.2, 0) is 0 Å². The van der Waals surface area contributed by atoms with Gasteiger partial charge in [-0.3, -0.25) is 0 Å². The van der Waals surface area contributed by atoms with Crippen LogP contribution < -0.4 is 10.1 Å². The van der Waals surface area contributed by atoms with E-state index in [0.29, 0.717) is 6.04 Å². The Balaban J connectivity index is 2.70. The maximum atomic E-state index is 5.22. The first-order valence-corrected chi connectivity index (χ1v) is 7.27. The van der Waals surface area contributed by atoms with Crippen LogP contribution in [0.2, 0.25) is 0 Å². The molecule has 0 aliphatic heterocycles. The lowest BCUT2D eigenvalue weighted by Gasteiger charge is -2.25. The van der Waals surface area contributed by atoms with Crippen LogP contribution in [-0.4, -0.2) is 38.7 Å². The molecule has 1 atom stereocenters. The van der Waals surface area contributed by atoms with Gasteiger partial charge in [0.05, 0.1) is 7.11 Å². The molecule has 0 aliphatic carbocycles. The second-order valence-corrected chi connectivity index (χ2v) is 5.04. The fraction of sp³-hybridized carbons (Fsp3) is 0.625. The monoisotopic (exact) mass is 264 g/mol. The molecule has 3 nitrogen and oxygen atoms in total. The average molecular weight is 264 g/mol. The first kappa shape index (κ1) is 16.0. The van der Waals surface area contributed by atoms with Gasteiger partial charge in [0, 0.05) is 12.6 Å². The maximum absolute atomic E-state index is 5.22. The minimum atomic E-state index is 0.391. The molecule has 108 valence electrons. The molecule has 0 bridgehead atoms. The van der Waals surface area contributed by atoms with E-state index in [2.05, 4.69) is 43.2 Å². The highest BCUT2D eigenvalue weighted by molar-refractivity contribution is 5.29. The Morgan fingerprint density at radius 2 is 1.84 bits per heavy atom. The molecule has 1 aromatic rings. The highest BCUT2D eigenvalue weighted by Crippen LogP contribution is 2.18. The van der Waals surface area contributed by atoms with Crippen molar-refractivity contribution in [3.63, 3.8) is 0 Å². The quantitative estimate of drug-likeness (QED) is 0.742. The van der Waals surface area contributed by atoms with Crippen LogP contribution in [0, 0.1) is 0 Å². The van der Waals surface area contributed by atoms with Crippen LogP contribution in [0.25, 0.3) is 0 Å². The van der Waals surface area contributed by atoms with Gasteiger partial charge in [0.25, 0.3) is 0 Å². The zero-order valence-corrected chi connectivity index (χ0v) is 12.8. The second-order valence-electron chi connectivity index (χ2n) is 5.04. The Morgan fingerprint density at radius 3 is 2.37 bits per heavy atom. The summed E-state index contributed by atoms with van der Waals surface area (Å²) in [6, 6.07) is 8.78. The minimum Gasteiger partial charge on any atom is -0.497 e. The number of hydrogen-bond donors (Lipinski definition) is 1. The van der Waals surface area contributed by atoms with Crippen LogP contribution in [0.1, 0.15) is 38.3 Å². The number of benzene rings is 1. The van der Waals surface area contributed by atoms with Crippen molar-refractivity contribution in [2.45, 2.75) is 32.7 Å². The molecule has 19 heavy (non-hydrogen) atoms. The molecule has 1 aromatic carbocycles. The summed E-state index contributed by atoms with van der Waals surface area (Å²) in [5.74, 6) is 0.917. The van der Waals surface area contributed by atoms with E-state index >= 15 is 0 Å². The van der Waals surface area contributed by atoms with Crippen molar-refractivity contribution in [1.29, 1.82) is 0 Å². The third-order valence-electron chi connectivity index (χ3n) is 3.26. The molecule has 0 saturated heterocycles. The predicted molar refractivity (Wildman–Crippen MR) is 81.8 cm³/mol. The van der Waals surface area contributed by atoms with Gasteiger partial charge in [0.15, 0.2) is 0 Å². The van der Waals surface area contributed by atoms with Crippen molar-refractivity contribution in [1.82, 2.24) is 10.2 Å². The Bertz CT molecular complexity index is 337. The topological polar surface area (TPSA) is 24.5 Å². The number of methoxy groups -OCH3 is 1. The van der Waals surface area contributed by atoms with E-state index in [1.807, 2.05) is 12.1 Å². The Morgan fingerprint density at radius 1 is 1.16 bits per heavy atom. The number of likely N-dealkylation sites (N-methyl/N-ethyl adjacent to an activating group) is 1. The van der Waals surface area contributed by atoms with Crippen LogP contribution in [0.15, 0.2) is 24.3 Å². The largest absolute Gasteiger partial charge is 0.497 e. The summed E-state index contributed by atoms with van der Waals surface area (Å²) in [6.45, 7) is 7.66. The molecule has 0 aromatic heterocycles. The fourth-order valence-corrected chi connectivity index (χ4v) is 2.23. The van der Waals surface area contributed by atoms with Crippen molar-refractivity contribution in [3.05, 3.63) is 29.8 Å². The van der Waals surface area contributed by atoms with Gasteiger partial charge in [-0.1, -0.05) is 26.0 Å². The number of nitrogens with zero attached hydrogens (tertiary/aromatic N) is 1. The van der Waals surface area contributed by atoms with Crippen LogP contribution >= 0.6 is 0 Å². The van der Waals surface area contributed by atoms with Gasteiger partial charge in [0.1, 0.15) is 5.75 Å².